The van der Waals surface area contributed by atoms with Crippen LogP contribution in [-0.4, -0.2) is 34.3 Å². The maximum atomic E-state index is 8.83. The molecular weight excluding hydrogens is 242 g/mol. The van der Waals surface area contributed by atoms with Gasteiger partial charge in [-0.05, 0) is 23.8 Å². The van der Waals surface area contributed by atoms with Crippen LogP contribution in [0.4, 0.5) is 5.82 Å². The Balaban J connectivity index is 2.25. The largest absolute Gasteiger partial charge is 0.409 e. The first-order chi connectivity index (χ1) is 8.93. The van der Waals surface area contributed by atoms with Crippen molar-refractivity contribution in [2.75, 3.05) is 18.0 Å². The van der Waals surface area contributed by atoms with Crippen LogP contribution in [0.15, 0.2) is 17.4 Å². The SMILES string of the molecule is CC(C)(C)C1CCN(c2nnccc2/C(N)=N/O)C1. The van der Waals surface area contributed by atoms with Crippen molar-refractivity contribution < 1.29 is 5.21 Å². The first-order valence-corrected chi connectivity index (χ1v) is 6.48. The lowest BCUT2D eigenvalue weighted by Gasteiger charge is -2.27. The fraction of sp³-hybridized carbons (Fsp3) is 0.615. The van der Waals surface area contributed by atoms with Gasteiger partial charge in [0.15, 0.2) is 11.7 Å². The molecule has 0 bridgehead atoms. The maximum absolute atomic E-state index is 8.83. The quantitative estimate of drug-likeness (QED) is 0.365. The minimum atomic E-state index is 0.0732. The molecule has 1 fully saturated rings. The molecule has 1 saturated heterocycles. The van der Waals surface area contributed by atoms with E-state index in [0.717, 1.165) is 19.5 Å². The summed E-state index contributed by atoms with van der Waals surface area (Å²) in [6.45, 7) is 8.60. The van der Waals surface area contributed by atoms with Crippen molar-refractivity contribution in [1.82, 2.24) is 10.2 Å². The van der Waals surface area contributed by atoms with E-state index in [1.165, 1.54) is 0 Å². The summed E-state index contributed by atoms with van der Waals surface area (Å²) in [5.41, 5.74) is 6.59. The smallest absolute Gasteiger partial charge is 0.173 e. The van der Waals surface area contributed by atoms with Crippen LogP contribution in [0.5, 0.6) is 0 Å². The van der Waals surface area contributed by atoms with Crippen molar-refractivity contribution in [3.05, 3.63) is 17.8 Å². The van der Waals surface area contributed by atoms with E-state index >= 15 is 0 Å². The van der Waals surface area contributed by atoms with Crippen molar-refractivity contribution in [1.29, 1.82) is 0 Å². The van der Waals surface area contributed by atoms with Crippen LogP contribution in [0.1, 0.15) is 32.8 Å². The van der Waals surface area contributed by atoms with Crippen LogP contribution in [0.2, 0.25) is 0 Å². The fourth-order valence-corrected chi connectivity index (χ4v) is 2.47. The van der Waals surface area contributed by atoms with Crippen molar-refractivity contribution in [2.24, 2.45) is 22.2 Å². The number of nitrogens with two attached hydrogens (primary N) is 1. The molecule has 1 atom stereocenters. The summed E-state index contributed by atoms with van der Waals surface area (Å²) in [7, 11) is 0. The first kappa shape index (κ1) is 13.6. The Bertz CT molecular complexity index is 480. The molecule has 19 heavy (non-hydrogen) atoms. The highest BCUT2D eigenvalue weighted by atomic mass is 16.4. The Labute approximate surface area is 113 Å². The van der Waals surface area contributed by atoms with E-state index < -0.39 is 0 Å². The molecule has 0 saturated carbocycles. The maximum Gasteiger partial charge on any atom is 0.173 e. The van der Waals surface area contributed by atoms with Gasteiger partial charge in [-0.3, -0.25) is 0 Å². The van der Waals surface area contributed by atoms with E-state index in [-0.39, 0.29) is 11.3 Å². The summed E-state index contributed by atoms with van der Waals surface area (Å²) in [6, 6.07) is 1.72. The molecule has 1 aromatic rings. The van der Waals surface area contributed by atoms with Crippen molar-refractivity contribution in [3.63, 3.8) is 0 Å². The number of anilines is 1. The molecule has 0 amide bonds. The molecule has 104 valence electrons. The van der Waals surface area contributed by atoms with Gasteiger partial charge in [-0.2, -0.15) is 5.10 Å². The van der Waals surface area contributed by atoms with Gasteiger partial charge in [0.1, 0.15) is 0 Å². The third-order valence-electron chi connectivity index (χ3n) is 3.80. The molecule has 0 aromatic carbocycles. The van der Waals surface area contributed by atoms with Gasteiger partial charge in [0.05, 0.1) is 11.8 Å². The number of hydrogen-bond donors (Lipinski definition) is 2. The van der Waals surface area contributed by atoms with E-state index in [1.807, 2.05) is 0 Å². The number of hydrogen-bond acceptors (Lipinski definition) is 5. The summed E-state index contributed by atoms with van der Waals surface area (Å²) in [5.74, 6) is 1.38. The lowest BCUT2D eigenvalue weighted by atomic mass is 9.80. The zero-order valence-electron chi connectivity index (χ0n) is 11.7. The second-order valence-corrected chi connectivity index (χ2v) is 6.05. The van der Waals surface area contributed by atoms with Gasteiger partial charge in [-0.1, -0.05) is 25.9 Å². The molecule has 1 aromatic heterocycles. The van der Waals surface area contributed by atoms with Crippen molar-refractivity contribution in [2.45, 2.75) is 27.2 Å². The van der Waals surface area contributed by atoms with E-state index in [9.17, 15) is 0 Å². The third kappa shape index (κ3) is 2.77. The molecule has 6 nitrogen and oxygen atoms in total. The van der Waals surface area contributed by atoms with Crippen molar-refractivity contribution in [3.8, 4) is 0 Å². The van der Waals surface area contributed by atoms with Crippen molar-refractivity contribution >= 4 is 11.7 Å². The fourth-order valence-electron chi connectivity index (χ4n) is 2.47. The Kier molecular flexibility index (Phi) is 3.59. The monoisotopic (exact) mass is 263 g/mol. The minimum Gasteiger partial charge on any atom is -0.409 e. The zero-order chi connectivity index (χ0) is 14.0. The summed E-state index contributed by atoms with van der Waals surface area (Å²) in [5, 5.41) is 20.0. The molecular formula is C13H21N5O. The molecule has 6 heteroatoms. The Morgan fingerprint density at radius 3 is 2.84 bits per heavy atom. The van der Waals surface area contributed by atoms with E-state index in [2.05, 4.69) is 41.0 Å². The highest BCUT2D eigenvalue weighted by Gasteiger charge is 2.33. The van der Waals surface area contributed by atoms with Gasteiger partial charge in [0.25, 0.3) is 0 Å². The molecule has 0 spiro atoms. The van der Waals surface area contributed by atoms with Crippen LogP contribution in [0, 0.1) is 11.3 Å². The Morgan fingerprint density at radius 2 is 2.26 bits per heavy atom. The summed E-state index contributed by atoms with van der Waals surface area (Å²) < 4.78 is 0. The van der Waals surface area contributed by atoms with E-state index in [4.69, 9.17) is 10.9 Å². The van der Waals surface area contributed by atoms with Crippen LogP contribution in [0.25, 0.3) is 0 Å². The molecule has 3 N–H and O–H groups in total. The zero-order valence-corrected chi connectivity index (χ0v) is 11.7. The van der Waals surface area contributed by atoms with E-state index in [1.54, 1.807) is 12.3 Å². The lowest BCUT2D eigenvalue weighted by molar-refractivity contribution is 0.263. The standard InChI is InChI=1S/C13H21N5O/c1-13(2,3)9-5-7-18(8-9)12-10(11(14)17-19)4-6-15-16-12/h4,6,9,19H,5,7-8H2,1-3H3,(H2,14,17). The second kappa shape index (κ2) is 5.03. The predicted molar refractivity (Wildman–Crippen MR) is 74.3 cm³/mol. The molecule has 0 radical (unpaired) electrons. The first-order valence-electron chi connectivity index (χ1n) is 6.48. The number of nitrogens with zero attached hydrogens (tertiary/aromatic N) is 4. The lowest BCUT2D eigenvalue weighted by Crippen LogP contribution is -2.29. The number of aromatic nitrogens is 2. The number of amidine groups is 1. The highest BCUT2D eigenvalue weighted by molar-refractivity contribution is 6.01. The number of oxime groups is 1. The van der Waals surface area contributed by atoms with Crippen LogP contribution in [-0.2, 0) is 0 Å². The average molecular weight is 263 g/mol. The highest BCUT2D eigenvalue weighted by Crippen LogP contribution is 2.35. The van der Waals surface area contributed by atoms with Crippen LogP contribution < -0.4 is 10.6 Å². The topological polar surface area (TPSA) is 87.6 Å². The normalized spacial score (nSPS) is 20.9. The minimum absolute atomic E-state index is 0.0732. The Morgan fingerprint density at radius 1 is 1.53 bits per heavy atom. The third-order valence-corrected chi connectivity index (χ3v) is 3.80. The van der Waals surface area contributed by atoms with Gasteiger partial charge in [-0.25, -0.2) is 0 Å². The molecule has 2 heterocycles. The van der Waals surface area contributed by atoms with E-state index in [0.29, 0.717) is 17.3 Å². The van der Waals surface area contributed by atoms with Gasteiger partial charge in [0.2, 0.25) is 0 Å². The molecule has 1 aliphatic heterocycles. The van der Waals surface area contributed by atoms with Gasteiger partial charge >= 0.3 is 0 Å². The van der Waals surface area contributed by atoms with Crippen LogP contribution in [0.3, 0.4) is 0 Å². The molecule has 1 unspecified atom stereocenters. The Hall–Kier alpha value is -1.85. The van der Waals surface area contributed by atoms with Gasteiger partial charge in [-0.15, -0.1) is 5.10 Å². The van der Waals surface area contributed by atoms with Crippen LogP contribution >= 0.6 is 0 Å². The second-order valence-electron chi connectivity index (χ2n) is 6.05. The predicted octanol–water partition coefficient (Wildman–Crippen LogP) is 1.44. The van der Waals surface area contributed by atoms with Gasteiger partial charge in [0, 0.05) is 13.1 Å². The molecule has 0 aliphatic carbocycles. The number of rotatable bonds is 2. The molecule has 2 rings (SSSR count). The summed E-state index contributed by atoms with van der Waals surface area (Å²) in [6.07, 6.45) is 2.67. The molecule has 1 aliphatic rings. The summed E-state index contributed by atoms with van der Waals surface area (Å²) in [4.78, 5) is 2.16. The van der Waals surface area contributed by atoms with Gasteiger partial charge < -0.3 is 15.8 Å². The average Bonchev–Trinajstić information content (AvgIpc) is 2.87. The summed E-state index contributed by atoms with van der Waals surface area (Å²) >= 11 is 0.